The summed E-state index contributed by atoms with van der Waals surface area (Å²) < 4.78 is 1.57. The summed E-state index contributed by atoms with van der Waals surface area (Å²) in [7, 11) is 1.75. The summed E-state index contributed by atoms with van der Waals surface area (Å²) in [5.41, 5.74) is 4.64. The molecule has 0 fully saturated rings. The van der Waals surface area contributed by atoms with Crippen molar-refractivity contribution >= 4 is 34.3 Å². The van der Waals surface area contributed by atoms with E-state index in [1.807, 2.05) is 12.1 Å². The highest BCUT2D eigenvalue weighted by Crippen LogP contribution is 2.27. The number of rotatable bonds is 13. The van der Waals surface area contributed by atoms with Crippen molar-refractivity contribution in [1.82, 2.24) is 9.47 Å². The first kappa shape index (κ1) is 29.6. The fourth-order valence-electron chi connectivity index (χ4n) is 4.51. The third kappa shape index (κ3) is 8.83. The summed E-state index contributed by atoms with van der Waals surface area (Å²) in [5.74, 6) is 1.15. The van der Waals surface area contributed by atoms with Gasteiger partial charge < -0.3 is 9.47 Å². The minimum atomic E-state index is -0.0198. The van der Waals surface area contributed by atoms with Crippen LogP contribution in [0.25, 0.3) is 0 Å². The smallest absolute Gasteiger partial charge is 0.250 e. The number of hydrogen-bond acceptors (Lipinski definition) is 5. The molecule has 0 amide bonds. The molecule has 0 atom stereocenters. The maximum Gasteiger partial charge on any atom is 0.250 e. The minimum absolute atomic E-state index is 0.0198. The van der Waals surface area contributed by atoms with Gasteiger partial charge in [-0.2, -0.15) is 0 Å². The standard InChI is InChI=1S/C33H36ClN3O2S/c1-25-29(21-27-18-19-36(2)32(39)22-27)24-37(23-26-11-7-6-8-12-26)33(35-25)40-20-10-5-3-4-9-13-31(38)28-14-16-30(34)17-15-28/h6-8,11-12,14-19,22,24H,1,3-5,9-10,13,20-21,23H2,2H3. The molecule has 1 aromatic heterocycles. The fraction of sp³-hybridized carbons (Fsp3) is 0.303. The first-order valence-electron chi connectivity index (χ1n) is 13.8. The molecule has 0 aliphatic carbocycles. The van der Waals surface area contributed by atoms with Gasteiger partial charge in [-0.3, -0.25) is 9.59 Å². The molecule has 1 aliphatic heterocycles. The predicted octanol–water partition coefficient (Wildman–Crippen LogP) is 7.81. The molecule has 0 saturated carbocycles. The van der Waals surface area contributed by atoms with E-state index in [4.69, 9.17) is 16.6 Å². The number of allylic oxidation sites excluding steroid dienone is 1. The second-order valence-electron chi connectivity index (χ2n) is 10.1. The summed E-state index contributed by atoms with van der Waals surface area (Å²) in [6.45, 7) is 4.95. The Balaban J connectivity index is 1.26. The largest absolute Gasteiger partial charge is 0.323 e. The van der Waals surface area contributed by atoms with Crippen LogP contribution in [0.4, 0.5) is 0 Å². The lowest BCUT2D eigenvalue weighted by Crippen LogP contribution is -2.27. The second kappa shape index (κ2) is 14.9. The van der Waals surface area contributed by atoms with E-state index in [0.29, 0.717) is 17.9 Å². The highest BCUT2D eigenvalue weighted by molar-refractivity contribution is 8.13. The molecule has 0 unspecified atom stereocenters. The molecule has 40 heavy (non-hydrogen) atoms. The summed E-state index contributed by atoms with van der Waals surface area (Å²) in [6.07, 6.45) is 10.4. The summed E-state index contributed by atoms with van der Waals surface area (Å²) in [4.78, 5) is 31.5. The number of amidine groups is 1. The van der Waals surface area contributed by atoms with Crippen LogP contribution in [0.5, 0.6) is 0 Å². The second-order valence-corrected chi connectivity index (χ2v) is 11.6. The van der Waals surface area contributed by atoms with Crippen molar-refractivity contribution < 1.29 is 4.79 Å². The van der Waals surface area contributed by atoms with Gasteiger partial charge in [0, 0.05) is 61.2 Å². The van der Waals surface area contributed by atoms with Crippen molar-refractivity contribution in [1.29, 1.82) is 0 Å². The van der Waals surface area contributed by atoms with Crippen LogP contribution in [-0.2, 0) is 20.0 Å². The van der Waals surface area contributed by atoms with Gasteiger partial charge in [-0.05, 0) is 59.9 Å². The Bertz CT molecular complexity index is 1430. The number of Topliss-reactive ketones (excluding diaryl/α,β-unsaturated/α-hetero) is 1. The molecule has 1 aliphatic rings. The lowest BCUT2D eigenvalue weighted by Gasteiger charge is -2.28. The highest BCUT2D eigenvalue weighted by Gasteiger charge is 2.19. The number of nitrogens with zero attached hydrogens (tertiary/aromatic N) is 3. The lowest BCUT2D eigenvalue weighted by molar-refractivity contribution is 0.0979. The quantitative estimate of drug-likeness (QED) is 0.155. The van der Waals surface area contributed by atoms with Crippen LogP contribution in [0.3, 0.4) is 0 Å². The minimum Gasteiger partial charge on any atom is -0.323 e. The van der Waals surface area contributed by atoms with Gasteiger partial charge in [-0.25, -0.2) is 4.99 Å². The Morgan fingerprint density at radius 3 is 2.42 bits per heavy atom. The van der Waals surface area contributed by atoms with Crippen molar-refractivity contribution in [3.05, 3.63) is 129 Å². The predicted molar refractivity (Wildman–Crippen MR) is 168 cm³/mol. The number of halogens is 1. The molecule has 0 radical (unpaired) electrons. The van der Waals surface area contributed by atoms with E-state index in [9.17, 15) is 9.59 Å². The van der Waals surface area contributed by atoms with Crippen molar-refractivity contribution in [2.45, 2.75) is 51.5 Å². The van der Waals surface area contributed by atoms with Gasteiger partial charge in [0.25, 0.3) is 5.56 Å². The molecular formula is C33H36ClN3O2S. The number of thioether (sulfide) groups is 1. The van der Waals surface area contributed by atoms with Crippen LogP contribution in [0, 0.1) is 0 Å². The van der Waals surface area contributed by atoms with E-state index in [2.05, 4.69) is 41.9 Å². The number of unbranched alkanes of at least 4 members (excludes halogenated alkanes) is 4. The number of ketones is 1. The van der Waals surface area contributed by atoms with E-state index in [0.717, 1.165) is 72.0 Å². The zero-order chi connectivity index (χ0) is 28.3. The topological polar surface area (TPSA) is 54.7 Å². The van der Waals surface area contributed by atoms with E-state index in [1.165, 1.54) is 5.56 Å². The summed E-state index contributed by atoms with van der Waals surface area (Å²) in [5, 5.41) is 1.60. The molecule has 4 rings (SSSR count). The normalized spacial score (nSPS) is 13.2. The van der Waals surface area contributed by atoms with Gasteiger partial charge in [-0.1, -0.05) is 79.5 Å². The molecule has 0 bridgehead atoms. The Hall–Kier alpha value is -3.35. The van der Waals surface area contributed by atoms with Crippen molar-refractivity contribution in [2.24, 2.45) is 12.0 Å². The average Bonchev–Trinajstić information content (AvgIpc) is 2.95. The molecule has 0 spiro atoms. The Morgan fingerprint density at radius 1 is 0.950 bits per heavy atom. The number of pyridine rings is 1. The van der Waals surface area contributed by atoms with Crippen LogP contribution >= 0.6 is 23.4 Å². The summed E-state index contributed by atoms with van der Waals surface area (Å²) in [6, 6.07) is 21.2. The van der Waals surface area contributed by atoms with Crippen LogP contribution in [-0.4, -0.2) is 26.2 Å². The first-order valence-corrected chi connectivity index (χ1v) is 15.1. The van der Waals surface area contributed by atoms with Gasteiger partial charge in [0.05, 0.1) is 5.70 Å². The molecular weight excluding hydrogens is 538 g/mol. The fourth-order valence-corrected chi connectivity index (χ4v) is 5.62. The number of hydrogen-bond donors (Lipinski definition) is 0. The molecule has 208 valence electrons. The van der Waals surface area contributed by atoms with Crippen molar-refractivity contribution in [3.8, 4) is 0 Å². The molecule has 5 nitrogen and oxygen atoms in total. The zero-order valence-electron chi connectivity index (χ0n) is 23.0. The van der Waals surface area contributed by atoms with Gasteiger partial charge in [0.15, 0.2) is 11.0 Å². The number of carbonyl (C=O) groups excluding carboxylic acids is 1. The van der Waals surface area contributed by atoms with Crippen molar-refractivity contribution in [2.75, 3.05) is 5.75 Å². The van der Waals surface area contributed by atoms with E-state index in [-0.39, 0.29) is 11.3 Å². The first-order chi connectivity index (χ1) is 19.4. The molecule has 0 N–H and O–H groups in total. The Labute approximate surface area is 246 Å². The van der Waals surface area contributed by atoms with Gasteiger partial charge in [0.1, 0.15) is 0 Å². The van der Waals surface area contributed by atoms with E-state index >= 15 is 0 Å². The van der Waals surface area contributed by atoms with Crippen LogP contribution in [0.2, 0.25) is 5.02 Å². The maximum atomic E-state index is 12.3. The average molecular weight is 574 g/mol. The molecule has 7 heteroatoms. The van der Waals surface area contributed by atoms with Crippen LogP contribution in [0.15, 0.2) is 107 Å². The zero-order valence-corrected chi connectivity index (χ0v) is 24.6. The maximum absolute atomic E-state index is 12.3. The molecule has 3 aromatic rings. The van der Waals surface area contributed by atoms with Crippen LogP contribution < -0.4 is 5.56 Å². The number of aliphatic imine (C=N–C) groups is 1. The molecule has 2 aromatic carbocycles. The number of aromatic nitrogens is 1. The van der Waals surface area contributed by atoms with Gasteiger partial charge in [0.2, 0.25) is 0 Å². The van der Waals surface area contributed by atoms with Gasteiger partial charge >= 0.3 is 0 Å². The van der Waals surface area contributed by atoms with Gasteiger partial charge in [-0.15, -0.1) is 0 Å². The highest BCUT2D eigenvalue weighted by atomic mass is 35.5. The lowest BCUT2D eigenvalue weighted by atomic mass is 10.0. The van der Waals surface area contributed by atoms with Crippen LogP contribution in [0.1, 0.15) is 60.0 Å². The SMILES string of the molecule is C=C1N=C(SCCCCCCCC(=O)c2ccc(Cl)cc2)N(Cc2ccccc2)C=C1Cc1ccn(C)c(=O)c1. The van der Waals surface area contributed by atoms with Crippen molar-refractivity contribution in [3.63, 3.8) is 0 Å². The van der Waals surface area contributed by atoms with E-state index < -0.39 is 0 Å². The molecule has 2 heterocycles. The Morgan fingerprint density at radius 2 is 1.68 bits per heavy atom. The Kier molecular flexibility index (Phi) is 11.0. The molecule has 0 saturated heterocycles. The van der Waals surface area contributed by atoms with E-state index in [1.54, 1.807) is 59.9 Å². The third-order valence-electron chi connectivity index (χ3n) is 6.86. The summed E-state index contributed by atoms with van der Waals surface area (Å²) >= 11 is 7.67. The third-order valence-corrected chi connectivity index (χ3v) is 8.19. The number of aryl methyl sites for hydroxylation is 1. The number of carbonyl (C=O) groups is 1. The monoisotopic (exact) mass is 573 g/mol. The number of benzene rings is 2.